The highest BCUT2D eigenvalue weighted by molar-refractivity contribution is 8.13. The molecule has 0 spiro atoms. The van der Waals surface area contributed by atoms with Crippen LogP contribution in [0.1, 0.15) is 0 Å². The molecule has 0 radical (unpaired) electrons. The lowest BCUT2D eigenvalue weighted by Crippen LogP contribution is -2.04. The van der Waals surface area contributed by atoms with E-state index < -0.39 is 43.0 Å². The highest BCUT2D eigenvalue weighted by Crippen LogP contribution is 2.27. The van der Waals surface area contributed by atoms with Crippen LogP contribution in [-0.4, -0.2) is 23.2 Å². The van der Waals surface area contributed by atoms with E-state index in [1.54, 1.807) is 0 Å². The first-order valence-electron chi connectivity index (χ1n) is 4.71. The summed E-state index contributed by atoms with van der Waals surface area (Å²) in [6.45, 7) is 0. The minimum absolute atomic E-state index is 0.422. The van der Waals surface area contributed by atoms with Crippen molar-refractivity contribution >= 4 is 19.7 Å². The summed E-state index contributed by atoms with van der Waals surface area (Å²) in [6.07, 6.45) is 0. The Morgan fingerprint density at radius 3 is 2.11 bits per heavy atom. The average Bonchev–Trinajstić information content (AvgIpc) is 2.58. The van der Waals surface area contributed by atoms with Gasteiger partial charge in [-0.3, -0.25) is 4.57 Å². The molecule has 0 amide bonds. The SMILES string of the molecule is Cn1c(-c2c(F)cc(F)cc2F)nnc1S(=O)(=O)Cl. The number of hydrogen-bond acceptors (Lipinski definition) is 4. The van der Waals surface area contributed by atoms with Gasteiger partial charge in [0.2, 0.25) is 0 Å². The molecule has 102 valence electrons. The van der Waals surface area contributed by atoms with Crippen molar-refractivity contribution in [3.8, 4) is 11.4 Å². The van der Waals surface area contributed by atoms with E-state index in [0.29, 0.717) is 12.1 Å². The summed E-state index contributed by atoms with van der Waals surface area (Å²) in [5.41, 5.74) is -0.692. The van der Waals surface area contributed by atoms with E-state index in [1.807, 2.05) is 0 Å². The van der Waals surface area contributed by atoms with Crippen LogP contribution < -0.4 is 0 Å². The van der Waals surface area contributed by atoms with E-state index >= 15 is 0 Å². The van der Waals surface area contributed by atoms with E-state index in [4.69, 9.17) is 10.7 Å². The fraction of sp³-hybridized carbons (Fsp3) is 0.111. The van der Waals surface area contributed by atoms with Crippen molar-refractivity contribution in [2.75, 3.05) is 0 Å². The van der Waals surface area contributed by atoms with Gasteiger partial charge in [0.1, 0.15) is 17.5 Å². The molecule has 1 heterocycles. The van der Waals surface area contributed by atoms with Gasteiger partial charge in [-0.1, -0.05) is 0 Å². The van der Waals surface area contributed by atoms with Gasteiger partial charge in [0, 0.05) is 29.9 Å². The second-order valence-electron chi connectivity index (χ2n) is 3.55. The maximum absolute atomic E-state index is 13.5. The Morgan fingerprint density at radius 1 is 1.16 bits per heavy atom. The fourth-order valence-electron chi connectivity index (χ4n) is 1.50. The third kappa shape index (κ3) is 2.43. The molecule has 0 saturated heterocycles. The third-order valence-electron chi connectivity index (χ3n) is 2.28. The first-order chi connectivity index (χ1) is 8.71. The molecule has 0 N–H and O–H groups in total. The number of aromatic nitrogens is 3. The standard InChI is InChI=1S/C9H5ClF3N3O2S/c1-16-8(14-15-9(16)19(10,17)18)7-5(12)2-4(11)3-6(7)13/h2-3H,1H3. The van der Waals surface area contributed by atoms with Crippen molar-refractivity contribution < 1.29 is 21.6 Å². The second-order valence-corrected chi connectivity index (χ2v) is 6.01. The molecular weight excluding hydrogens is 307 g/mol. The zero-order valence-electron chi connectivity index (χ0n) is 9.23. The van der Waals surface area contributed by atoms with Gasteiger partial charge in [-0.05, 0) is 0 Å². The molecular formula is C9H5ClF3N3O2S. The van der Waals surface area contributed by atoms with E-state index in [9.17, 15) is 21.6 Å². The van der Waals surface area contributed by atoms with Gasteiger partial charge in [0.25, 0.3) is 14.2 Å². The zero-order chi connectivity index (χ0) is 14.4. The van der Waals surface area contributed by atoms with Gasteiger partial charge < -0.3 is 0 Å². The Kier molecular flexibility index (Phi) is 3.27. The molecule has 1 aromatic heterocycles. The highest BCUT2D eigenvalue weighted by Gasteiger charge is 2.25. The molecule has 5 nitrogen and oxygen atoms in total. The lowest BCUT2D eigenvalue weighted by molar-refractivity contribution is 0.545. The topological polar surface area (TPSA) is 64.8 Å². The second kappa shape index (κ2) is 4.49. The summed E-state index contributed by atoms with van der Waals surface area (Å²) in [4.78, 5) is 0. The van der Waals surface area contributed by atoms with Crippen molar-refractivity contribution in [3.63, 3.8) is 0 Å². The predicted molar refractivity (Wildman–Crippen MR) is 59.4 cm³/mol. The van der Waals surface area contributed by atoms with Crippen LogP contribution in [0.4, 0.5) is 13.2 Å². The van der Waals surface area contributed by atoms with Gasteiger partial charge >= 0.3 is 0 Å². The molecule has 0 aliphatic rings. The Hall–Kier alpha value is -1.61. The van der Waals surface area contributed by atoms with Gasteiger partial charge in [-0.15, -0.1) is 10.2 Å². The lowest BCUT2D eigenvalue weighted by Gasteiger charge is -2.05. The first kappa shape index (κ1) is 13.8. The Labute approximate surface area is 110 Å². The Bertz CT molecular complexity index is 737. The fourth-order valence-corrected chi connectivity index (χ4v) is 2.46. The number of hydrogen-bond donors (Lipinski definition) is 0. The van der Waals surface area contributed by atoms with Crippen LogP contribution in [0.3, 0.4) is 0 Å². The van der Waals surface area contributed by atoms with Crippen molar-refractivity contribution in [2.45, 2.75) is 5.16 Å². The summed E-state index contributed by atoms with van der Waals surface area (Å²) in [7, 11) is 2.02. The molecule has 0 aliphatic carbocycles. The zero-order valence-corrected chi connectivity index (χ0v) is 10.8. The number of benzene rings is 1. The number of halogens is 4. The number of rotatable bonds is 2. The molecule has 1 aromatic carbocycles. The molecule has 2 rings (SSSR count). The van der Waals surface area contributed by atoms with Crippen molar-refractivity contribution in [1.82, 2.24) is 14.8 Å². The average molecular weight is 312 g/mol. The smallest absolute Gasteiger partial charge is 0.296 e. The van der Waals surface area contributed by atoms with Gasteiger partial charge in [0.15, 0.2) is 5.82 Å². The van der Waals surface area contributed by atoms with Crippen LogP contribution in [-0.2, 0) is 16.1 Å². The summed E-state index contributed by atoms with van der Waals surface area (Å²) < 4.78 is 62.9. The van der Waals surface area contributed by atoms with Gasteiger partial charge in [0.05, 0.1) is 5.56 Å². The van der Waals surface area contributed by atoms with Crippen LogP contribution in [0.2, 0.25) is 0 Å². The molecule has 19 heavy (non-hydrogen) atoms. The number of nitrogens with zero attached hydrogens (tertiary/aromatic N) is 3. The van der Waals surface area contributed by atoms with Gasteiger partial charge in [-0.25, -0.2) is 21.6 Å². The van der Waals surface area contributed by atoms with Crippen LogP contribution in [0, 0.1) is 17.5 Å². The molecule has 0 bridgehead atoms. The predicted octanol–water partition coefficient (Wildman–Crippen LogP) is 1.83. The third-order valence-corrected chi connectivity index (χ3v) is 3.49. The molecule has 0 saturated carbocycles. The van der Waals surface area contributed by atoms with Crippen LogP contribution >= 0.6 is 10.7 Å². The molecule has 2 aromatic rings. The van der Waals surface area contributed by atoms with Crippen molar-refractivity contribution in [3.05, 3.63) is 29.6 Å². The minimum Gasteiger partial charge on any atom is -0.300 e. The summed E-state index contributed by atoms with van der Waals surface area (Å²) >= 11 is 0. The molecule has 0 atom stereocenters. The van der Waals surface area contributed by atoms with E-state index in [-0.39, 0.29) is 0 Å². The Balaban J connectivity index is 2.72. The molecule has 0 aliphatic heterocycles. The maximum atomic E-state index is 13.5. The largest absolute Gasteiger partial charge is 0.300 e. The van der Waals surface area contributed by atoms with Crippen molar-refractivity contribution in [1.29, 1.82) is 0 Å². The van der Waals surface area contributed by atoms with Crippen LogP contribution in [0.15, 0.2) is 17.3 Å². The highest BCUT2D eigenvalue weighted by atomic mass is 35.7. The normalized spacial score (nSPS) is 11.8. The minimum atomic E-state index is -4.21. The summed E-state index contributed by atoms with van der Waals surface area (Å²) in [5, 5.41) is 5.91. The van der Waals surface area contributed by atoms with Gasteiger partial charge in [-0.2, -0.15) is 0 Å². The van der Waals surface area contributed by atoms with Crippen LogP contribution in [0.5, 0.6) is 0 Å². The lowest BCUT2D eigenvalue weighted by atomic mass is 10.2. The summed E-state index contributed by atoms with van der Waals surface area (Å²) in [5.74, 6) is -3.99. The quantitative estimate of drug-likeness (QED) is 0.794. The van der Waals surface area contributed by atoms with Crippen LogP contribution in [0.25, 0.3) is 11.4 Å². The van der Waals surface area contributed by atoms with Crippen molar-refractivity contribution in [2.24, 2.45) is 7.05 Å². The molecule has 0 unspecified atom stereocenters. The monoisotopic (exact) mass is 311 g/mol. The summed E-state index contributed by atoms with van der Waals surface area (Å²) in [6, 6.07) is 0.893. The first-order valence-corrected chi connectivity index (χ1v) is 7.01. The molecule has 0 fully saturated rings. The Morgan fingerprint density at radius 2 is 1.68 bits per heavy atom. The molecule has 10 heteroatoms. The maximum Gasteiger partial charge on any atom is 0.296 e. The van der Waals surface area contributed by atoms with E-state index in [1.165, 1.54) is 0 Å². The van der Waals surface area contributed by atoms with E-state index in [0.717, 1.165) is 11.6 Å². The van der Waals surface area contributed by atoms with E-state index in [2.05, 4.69) is 10.2 Å².